The van der Waals surface area contributed by atoms with Crippen LogP contribution in [-0.2, 0) is 11.3 Å². The van der Waals surface area contributed by atoms with Crippen LogP contribution >= 0.6 is 12.4 Å². The van der Waals surface area contributed by atoms with Gasteiger partial charge in [-0.2, -0.15) is 13.2 Å². The molecule has 0 aliphatic heterocycles. The predicted molar refractivity (Wildman–Crippen MR) is 56.2 cm³/mol. The van der Waals surface area contributed by atoms with Gasteiger partial charge in [0.1, 0.15) is 5.82 Å². The highest BCUT2D eigenvalue weighted by Crippen LogP contribution is 2.20. The van der Waals surface area contributed by atoms with Gasteiger partial charge in [-0.15, -0.1) is 12.4 Å². The minimum absolute atomic E-state index is 0. The monoisotopic (exact) mass is 272 g/mol. The van der Waals surface area contributed by atoms with Gasteiger partial charge in [-0.1, -0.05) is 6.07 Å². The highest BCUT2D eigenvalue weighted by molar-refractivity contribution is 5.95. The Kier molecular flexibility index (Phi) is 5.37. The molecule has 96 valence electrons. The van der Waals surface area contributed by atoms with Gasteiger partial charge in [-0.3, -0.25) is 4.79 Å². The quantitative estimate of drug-likeness (QED) is 0.811. The zero-order valence-electron chi connectivity index (χ0n) is 8.34. The molecule has 1 aromatic rings. The van der Waals surface area contributed by atoms with Crippen LogP contribution in [-0.4, -0.2) is 12.1 Å². The lowest BCUT2D eigenvalue weighted by molar-refractivity contribution is -0.167. The SMILES string of the molecule is Cl.NCc1ccc(NC(=O)C(F)(F)F)c(F)c1. The van der Waals surface area contributed by atoms with Gasteiger partial charge < -0.3 is 11.1 Å². The first-order valence-corrected chi connectivity index (χ1v) is 4.21. The van der Waals surface area contributed by atoms with Crippen molar-refractivity contribution in [3.63, 3.8) is 0 Å². The second kappa shape index (κ2) is 5.83. The summed E-state index contributed by atoms with van der Waals surface area (Å²) in [6.07, 6.45) is -5.04. The first kappa shape index (κ1) is 15.7. The van der Waals surface area contributed by atoms with Gasteiger partial charge in [0.2, 0.25) is 0 Å². The van der Waals surface area contributed by atoms with Gasteiger partial charge >= 0.3 is 12.1 Å². The fraction of sp³-hybridized carbons (Fsp3) is 0.222. The van der Waals surface area contributed by atoms with Crippen LogP contribution in [0, 0.1) is 5.82 Å². The van der Waals surface area contributed by atoms with Gasteiger partial charge in [0.25, 0.3) is 0 Å². The topological polar surface area (TPSA) is 55.1 Å². The van der Waals surface area contributed by atoms with Crippen molar-refractivity contribution in [1.29, 1.82) is 0 Å². The molecule has 8 heteroatoms. The van der Waals surface area contributed by atoms with E-state index in [1.807, 2.05) is 0 Å². The molecule has 0 aliphatic carbocycles. The number of anilines is 1. The summed E-state index contributed by atoms with van der Waals surface area (Å²) in [5.74, 6) is -3.17. The van der Waals surface area contributed by atoms with Crippen LogP contribution in [0.3, 0.4) is 0 Å². The maximum atomic E-state index is 13.1. The molecule has 0 fully saturated rings. The van der Waals surface area contributed by atoms with Crippen molar-refractivity contribution in [3.8, 4) is 0 Å². The predicted octanol–water partition coefficient (Wildman–Crippen LogP) is 2.21. The second-order valence-corrected chi connectivity index (χ2v) is 2.97. The molecule has 0 radical (unpaired) electrons. The van der Waals surface area contributed by atoms with Crippen molar-refractivity contribution in [2.45, 2.75) is 12.7 Å². The van der Waals surface area contributed by atoms with Gasteiger partial charge in [0.05, 0.1) is 5.69 Å². The molecule has 0 aliphatic rings. The molecule has 1 aromatic carbocycles. The van der Waals surface area contributed by atoms with E-state index in [0.29, 0.717) is 5.56 Å². The minimum Gasteiger partial charge on any atom is -0.326 e. The number of hydrogen-bond donors (Lipinski definition) is 2. The number of nitrogens with two attached hydrogens (primary N) is 1. The smallest absolute Gasteiger partial charge is 0.326 e. The molecule has 0 atom stereocenters. The summed E-state index contributed by atoms with van der Waals surface area (Å²) in [6.45, 7) is 0.0599. The van der Waals surface area contributed by atoms with Crippen LogP contribution in [0.25, 0.3) is 0 Å². The Hall–Kier alpha value is -1.34. The molecule has 0 saturated heterocycles. The average molecular weight is 273 g/mol. The van der Waals surface area contributed by atoms with Crippen LogP contribution in [0.4, 0.5) is 23.2 Å². The minimum atomic E-state index is -5.04. The Bertz CT molecular complexity index is 408. The average Bonchev–Trinajstić information content (AvgIpc) is 2.19. The normalized spacial score (nSPS) is 10.6. The van der Waals surface area contributed by atoms with E-state index in [9.17, 15) is 22.4 Å². The van der Waals surface area contributed by atoms with E-state index in [4.69, 9.17) is 5.73 Å². The number of hydrogen-bond acceptors (Lipinski definition) is 2. The summed E-state index contributed by atoms with van der Waals surface area (Å²) in [4.78, 5) is 10.5. The van der Waals surface area contributed by atoms with Gasteiger partial charge in [0, 0.05) is 6.54 Å². The molecule has 1 rings (SSSR count). The number of nitrogens with one attached hydrogen (secondary N) is 1. The molecule has 3 nitrogen and oxygen atoms in total. The molecule has 0 unspecified atom stereocenters. The number of alkyl halides is 3. The third-order valence-corrected chi connectivity index (χ3v) is 1.77. The van der Waals surface area contributed by atoms with E-state index in [2.05, 4.69) is 0 Å². The van der Waals surface area contributed by atoms with Crippen LogP contribution in [0.5, 0.6) is 0 Å². The van der Waals surface area contributed by atoms with E-state index in [1.54, 1.807) is 0 Å². The van der Waals surface area contributed by atoms with Crippen LogP contribution < -0.4 is 11.1 Å². The molecule has 0 saturated carbocycles. The molecule has 1 amide bonds. The summed E-state index contributed by atoms with van der Waals surface area (Å²) in [6, 6.07) is 3.32. The van der Waals surface area contributed by atoms with E-state index in [1.165, 1.54) is 11.4 Å². The van der Waals surface area contributed by atoms with Crippen molar-refractivity contribution in [2.24, 2.45) is 5.73 Å². The molecule has 3 N–H and O–H groups in total. The largest absolute Gasteiger partial charge is 0.471 e. The van der Waals surface area contributed by atoms with Crippen molar-refractivity contribution in [3.05, 3.63) is 29.6 Å². The Labute approximate surface area is 100 Å². The fourth-order valence-corrected chi connectivity index (χ4v) is 0.980. The highest BCUT2D eigenvalue weighted by atomic mass is 35.5. The Morgan fingerprint density at radius 1 is 1.35 bits per heavy atom. The number of rotatable bonds is 2. The van der Waals surface area contributed by atoms with E-state index < -0.39 is 23.6 Å². The number of carbonyl (C=O) groups is 1. The molecular weight excluding hydrogens is 264 g/mol. The van der Waals surface area contributed by atoms with Crippen LogP contribution in [0.1, 0.15) is 5.56 Å². The second-order valence-electron chi connectivity index (χ2n) is 2.97. The lowest BCUT2D eigenvalue weighted by atomic mass is 10.2. The summed E-state index contributed by atoms with van der Waals surface area (Å²) < 4.78 is 48.7. The number of amides is 1. The zero-order chi connectivity index (χ0) is 12.3. The molecule has 0 spiro atoms. The van der Waals surface area contributed by atoms with Crippen LogP contribution in [0.2, 0.25) is 0 Å². The van der Waals surface area contributed by atoms with Crippen molar-refractivity contribution < 1.29 is 22.4 Å². The van der Waals surface area contributed by atoms with E-state index >= 15 is 0 Å². The first-order valence-electron chi connectivity index (χ1n) is 4.21. The lowest BCUT2D eigenvalue weighted by Gasteiger charge is -2.09. The van der Waals surface area contributed by atoms with Gasteiger partial charge in [-0.25, -0.2) is 4.39 Å². The standard InChI is InChI=1S/C9H8F4N2O.ClH/c10-6-3-5(4-14)1-2-7(6)15-8(16)9(11,12)13;/h1-3H,4,14H2,(H,15,16);1H. The maximum Gasteiger partial charge on any atom is 0.471 e. The number of halogens is 5. The summed E-state index contributed by atoms with van der Waals surface area (Å²) in [5.41, 5.74) is 5.10. The van der Waals surface area contributed by atoms with Crippen LogP contribution in [0.15, 0.2) is 18.2 Å². The summed E-state index contributed by atoms with van der Waals surface area (Å²) in [7, 11) is 0. The Morgan fingerprint density at radius 2 is 1.94 bits per heavy atom. The maximum absolute atomic E-state index is 13.1. The third kappa shape index (κ3) is 4.20. The third-order valence-electron chi connectivity index (χ3n) is 1.77. The molecular formula is C9H9ClF4N2O. The Morgan fingerprint density at radius 3 is 2.35 bits per heavy atom. The van der Waals surface area contributed by atoms with Crippen molar-refractivity contribution >= 4 is 24.0 Å². The lowest BCUT2D eigenvalue weighted by Crippen LogP contribution is -2.30. The molecule has 0 bridgehead atoms. The summed E-state index contributed by atoms with van der Waals surface area (Å²) >= 11 is 0. The van der Waals surface area contributed by atoms with Gasteiger partial charge in [0.15, 0.2) is 0 Å². The molecule has 0 heterocycles. The van der Waals surface area contributed by atoms with Gasteiger partial charge in [-0.05, 0) is 17.7 Å². The highest BCUT2D eigenvalue weighted by Gasteiger charge is 2.39. The fourth-order valence-electron chi connectivity index (χ4n) is 0.980. The Balaban J connectivity index is 0.00000256. The summed E-state index contributed by atoms with van der Waals surface area (Å²) in [5, 5.41) is 1.42. The van der Waals surface area contributed by atoms with Crippen molar-refractivity contribution in [1.82, 2.24) is 0 Å². The first-order chi connectivity index (χ1) is 7.34. The van der Waals surface area contributed by atoms with Crippen molar-refractivity contribution in [2.75, 3.05) is 5.32 Å². The number of benzene rings is 1. The molecule has 0 aromatic heterocycles. The zero-order valence-corrected chi connectivity index (χ0v) is 9.16. The van der Waals surface area contributed by atoms with E-state index in [-0.39, 0.29) is 19.0 Å². The molecule has 17 heavy (non-hydrogen) atoms. The van der Waals surface area contributed by atoms with E-state index in [0.717, 1.165) is 12.1 Å². The number of carbonyl (C=O) groups excluding carboxylic acids is 1.